The third kappa shape index (κ3) is 4.67. The minimum absolute atomic E-state index is 0.0683. The van der Waals surface area contributed by atoms with E-state index in [0.717, 1.165) is 16.4 Å². The molecule has 1 aromatic rings. The smallest absolute Gasteiger partial charge is 0.417 e. The van der Waals surface area contributed by atoms with Crippen LogP contribution < -0.4 is 0 Å². The van der Waals surface area contributed by atoms with Crippen molar-refractivity contribution in [2.45, 2.75) is 36.4 Å². The van der Waals surface area contributed by atoms with E-state index in [2.05, 4.69) is 0 Å². The highest BCUT2D eigenvalue weighted by Gasteiger charge is 2.38. The number of halogens is 4. The Morgan fingerprint density at radius 3 is 2.41 bits per heavy atom. The number of rotatable bonds is 4. The van der Waals surface area contributed by atoms with E-state index >= 15 is 0 Å². The molecule has 0 aromatic heterocycles. The number of ether oxygens (including phenoxy) is 2. The van der Waals surface area contributed by atoms with Crippen molar-refractivity contribution >= 4 is 33.6 Å². The molecular formula is C17H17ClF3NO6S. The second kappa shape index (κ2) is 8.11. The number of nitrogens with zero attached hydrogens (tertiary/aromatic N) is 1. The second-order valence-electron chi connectivity index (χ2n) is 6.70. The van der Waals surface area contributed by atoms with Gasteiger partial charge in [0.1, 0.15) is 0 Å². The number of sulfonamides is 1. The van der Waals surface area contributed by atoms with E-state index in [1.54, 1.807) is 0 Å². The number of esters is 2. The lowest BCUT2D eigenvalue weighted by Gasteiger charge is -2.30. The van der Waals surface area contributed by atoms with E-state index in [-0.39, 0.29) is 39.0 Å². The first kappa shape index (κ1) is 21.8. The summed E-state index contributed by atoms with van der Waals surface area (Å²) in [5.74, 6) is -1.83. The zero-order valence-corrected chi connectivity index (χ0v) is 16.5. The Hall–Kier alpha value is -1.85. The first-order valence-corrected chi connectivity index (χ1v) is 10.6. The van der Waals surface area contributed by atoms with E-state index in [9.17, 15) is 31.2 Å². The minimum Gasteiger partial charge on any atom is -0.463 e. The van der Waals surface area contributed by atoms with Gasteiger partial charge in [0.25, 0.3) is 0 Å². The van der Waals surface area contributed by atoms with Crippen LogP contribution in [0.1, 0.15) is 24.8 Å². The number of benzene rings is 1. The van der Waals surface area contributed by atoms with Gasteiger partial charge in [-0.1, -0.05) is 11.6 Å². The number of cyclic esters (lactones) is 1. The Kier molecular flexibility index (Phi) is 6.11. The predicted octanol–water partition coefficient (Wildman–Crippen LogP) is 2.62. The molecule has 0 spiro atoms. The van der Waals surface area contributed by atoms with Crippen molar-refractivity contribution < 1.29 is 40.7 Å². The molecular weight excluding hydrogens is 439 g/mol. The van der Waals surface area contributed by atoms with Crippen LogP contribution in [0, 0.1) is 5.92 Å². The Labute approximate surface area is 169 Å². The molecule has 1 atom stereocenters. The Bertz CT molecular complexity index is 912. The van der Waals surface area contributed by atoms with Gasteiger partial charge in [0, 0.05) is 19.5 Å². The van der Waals surface area contributed by atoms with E-state index in [0.29, 0.717) is 6.07 Å². The summed E-state index contributed by atoms with van der Waals surface area (Å²) in [6.45, 7) is 0.0385. The van der Waals surface area contributed by atoms with E-state index in [1.807, 2.05) is 0 Å². The van der Waals surface area contributed by atoms with Crippen LogP contribution in [0.4, 0.5) is 13.2 Å². The van der Waals surface area contributed by atoms with Crippen LogP contribution in [-0.2, 0) is 35.3 Å². The third-order valence-corrected chi connectivity index (χ3v) is 7.04. The van der Waals surface area contributed by atoms with Gasteiger partial charge < -0.3 is 9.47 Å². The molecule has 160 valence electrons. The van der Waals surface area contributed by atoms with Crippen LogP contribution in [-0.4, -0.2) is 50.5 Å². The second-order valence-corrected chi connectivity index (χ2v) is 9.04. The highest BCUT2D eigenvalue weighted by atomic mass is 35.5. The average Bonchev–Trinajstić information content (AvgIpc) is 3.05. The molecule has 3 rings (SSSR count). The SMILES string of the molecule is O=C(O[C@H]1CCOC1=O)C1CCN(S(=O)(=O)c2ccc(Cl)c(C(F)(F)F)c2)CC1. The van der Waals surface area contributed by atoms with Crippen molar-refractivity contribution in [3.63, 3.8) is 0 Å². The third-order valence-electron chi connectivity index (χ3n) is 4.81. The highest BCUT2D eigenvalue weighted by Crippen LogP contribution is 2.37. The number of carbonyl (C=O) groups excluding carboxylic acids is 2. The minimum atomic E-state index is -4.79. The van der Waals surface area contributed by atoms with Gasteiger partial charge in [-0.3, -0.25) is 4.79 Å². The lowest BCUT2D eigenvalue weighted by molar-refractivity contribution is -0.164. The summed E-state index contributed by atoms with van der Waals surface area (Å²) < 4.78 is 75.3. The monoisotopic (exact) mass is 455 g/mol. The maximum atomic E-state index is 13.0. The molecule has 0 unspecified atom stereocenters. The van der Waals surface area contributed by atoms with Gasteiger partial charge in [0.15, 0.2) is 0 Å². The fraction of sp³-hybridized carbons (Fsp3) is 0.529. The molecule has 2 heterocycles. The molecule has 7 nitrogen and oxygen atoms in total. The first-order chi connectivity index (χ1) is 13.5. The summed E-state index contributed by atoms with van der Waals surface area (Å²) in [6.07, 6.45) is -5.21. The Morgan fingerprint density at radius 1 is 1.21 bits per heavy atom. The molecule has 0 aliphatic carbocycles. The van der Waals surface area contributed by atoms with Gasteiger partial charge in [-0.25, -0.2) is 13.2 Å². The summed E-state index contributed by atoms with van der Waals surface area (Å²) in [7, 11) is -4.19. The van der Waals surface area contributed by atoms with Gasteiger partial charge in [0.05, 0.1) is 28.0 Å². The van der Waals surface area contributed by atoms with Gasteiger partial charge in [-0.15, -0.1) is 0 Å². The van der Waals surface area contributed by atoms with Crippen molar-refractivity contribution in [2.75, 3.05) is 19.7 Å². The van der Waals surface area contributed by atoms with Crippen LogP contribution in [0.25, 0.3) is 0 Å². The number of hydrogen-bond acceptors (Lipinski definition) is 6. The highest BCUT2D eigenvalue weighted by molar-refractivity contribution is 7.89. The van der Waals surface area contributed by atoms with Gasteiger partial charge in [-0.2, -0.15) is 17.5 Å². The van der Waals surface area contributed by atoms with Gasteiger partial charge in [0.2, 0.25) is 16.1 Å². The van der Waals surface area contributed by atoms with Crippen molar-refractivity contribution in [2.24, 2.45) is 5.92 Å². The molecule has 0 amide bonds. The number of piperidine rings is 1. The molecule has 2 aliphatic heterocycles. The zero-order valence-electron chi connectivity index (χ0n) is 14.9. The zero-order chi connectivity index (χ0) is 21.4. The van der Waals surface area contributed by atoms with Crippen LogP contribution >= 0.6 is 11.6 Å². The number of hydrogen-bond donors (Lipinski definition) is 0. The average molecular weight is 456 g/mol. The summed E-state index contributed by atoms with van der Waals surface area (Å²) in [4.78, 5) is 23.0. The fourth-order valence-electron chi connectivity index (χ4n) is 3.18. The summed E-state index contributed by atoms with van der Waals surface area (Å²) >= 11 is 5.54. The Morgan fingerprint density at radius 2 is 1.86 bits per heavy atom. The van der Waals surface area contributed by atoms with Crippen LogP contribution in [0.2, 0.25) is 5.02 Å². The first-order valence-electron chi connectivity index (χ1n) is 8.74. The molecule has 12 heteroatoms. The summed E-state index contributed by atoms with van der Waals surface area (Å²) in [6, 6.07) is 2.41. The lowest BCUT2D eigenvalue weighted by atomic mass is 9.98. The topological polar surface area (TPSA) is 90.0 Å². The summed E-state index contributed by atoms with van der Waals surface area (Å²) in [5.41, 5.74) is -1.23. The Balaban J connectivity index is 1.67. The largest absolute Gasteiger partial charge is 0.463 e. The fourth-order valence-corrected chi connectivity index (χ4v) is 4.90. The predicted molar refractivity (Wildman–Crippen MR) is 93.4 cm³/mol. The number of alkyl halides is 3. The molecule has 0 radical (unpaired) electrons. The van der Waals surface area contributed by atoms with Gasteiger partial charge in [-0.05, 0) is 31.0 Å². The molecule has 0 bridgehead atoms. The van der Waals surface area contributed by atoms with E-state index in [4.69, 9.17) is 21.1 Å². The maximum Gasteiger partial charge on any atom is 0.417 e. The summed E-state index contributed by atoms with van der Waals surface area (Å²) in [5, 5.41) is -0.594. The standard InChI is InChI=1S/C17H17ClF3NO6S/c18-13-2-1-11(9-12(13)17(19,20)21)29(25,26)22-6-3-10(4-7-22)15(23)28-14-5-8-27-16(14)24/h1-2,9-10,14H,3-8H2/t14-/m0/s1. The van der Waals surface area contributed by atoms with Crippen molar-refractivity contribution in [3.05, 3.63) is 28.8 Å². The molecule has 2 saturated heterocycles. The van der Waals surface area contributed by atoms with Crippen molar-refractivity contribution in [3.8, 4) is 0 Å². The number of carbonyl (C=O) groups is 2. The molecule has 1 aromatic carbocycles. The van der Waals surface area contributed by atoms with Crippen LogP contribution in [0.3, 0.4) is 0 Å². The van der Waals surface area contributed by atoms with Crippen LogP contribution in [0.5, 0.6) is 0 Å². The molecule has 0 N–H and O–H groups in total. The van der Waals surface area contributed by atoms with Crippen LogP contribution in [0.15, 0.2) is 23.1 Å². The lowest BCUT2D eigenvalue weighted by Crippen LogP contribution is -2.41. The molecule has 2 fully saturated rings. The molecule has 2 aliphatic rings. The quantitative estimate of drug-likeness (QED) is 0.648. The molecule has 0 saturated carbocycles. The van der Waals surface area contributed by atoms with Gasteiger partial charge >= 0.3 is 18.1 Å². The molecule has 29 heavy (non-hydrogen) atoms. The normalized spacial score (nSPS) is 21.8. The van der Waals surface area contributed by atoms with E-state index < -0.39 is 55.6 Å². The maximum absolute atomic E-state index is 13.0. The van der Waals surface area contributed by atoms with E-state index in [1.165, 1.54) is 0 Å². The van der Waals surface area contributed by atoms with Crippen molar-refractivity contribution in [1.82, 2.24) is 4.31 Å². The van der Waals surface area contributed by atoms with Crippen molar-refractivity contribution in [1.29, 1.82) is 0 Å².